The Morgan fingerprint density at radius 1 is 0.337 bits per heavy atom. The minimum Gasteiger partial charge on any atom is -0.456 e. The zero-order chi connectivity index (χ0) is 59.1. The second-order valence-electron chi connectivity index (χ2n) is 26.2. The molecular weight excluding hydrogens is 1050 g/mol. The maximum atomic E-state index is 7.28. The molecule has 0 bridgehead atoms. The van der Waals surface area contributed by atoms with Crippen molar-refractivity contribution in [2.45, 2.75) is 87.0 Å². The highest BCUT2D eigenvalue weighted by atomic mass is 16.3. The molecule has 2 aromatic heterocycles. The highest BCUT2D eigenvalue weighted by molar-refractivity contribution is 7.00. The summed E-state index contributed by atoms with van der Waals surface area (Å²) in [7, 11) is 0. The number of rotatable bonds is 8. The van der Waals surface area contributed by atoms with Gasteiger partial charge in [-0.25, -0.2) is 0 Å². The van der Waals surface area contributed by atoms with Gasteiger partial charge in [0.15, 0.2) is 5.58 Å². The van der Waals surface area contributed by atoms with Gasteiger partial charge < -0.3 is 28.4 Å². The molecule has 2 aliphatic rings. The molecule has 4 heterocycles. The van der Waals surface area contributed by atoms with Gasteiger partial charge >= 0.3 is 0 Å². The lowest BCUT2D eigenvalue weighted by atomic mass is 9.33. The first kappa shape index (κ1) is 53.0. The Labute approximate surface area is 505 Å². The summed E-state index contributed by atoms with van der Waals surface area (Å²) in [5.74, 6) is 0. The van der Waals surface area contributed by atoms with Crippen molar-refractivity contribution in [3.63, 3.8) is 0 Å². The average Bonchev–Trinajstić information content (AvgIpc) is 0.887. The molecule has 0 amide bonds. The van der Waals surface area contributed by atoms with Gasteiger partial charge in [0.05, 0.1) is 33.5 Å². The summed E-state index contributed by atoms with van der Waals surface area (Å²) in [6.07, 6.45) is 0. The predicted molar refractivity (Wildman–Crippen MR) is 365 cm³/mol. The van der Waals surface area contributed by atoms with Crippen molar-refractivity contribution < 1.29 is 8.83 Å². The van der Waals surface area contributed by atoms with Crippen molar-refractivity contribution in [2.24, 2.45) is 0 Å². The fourth-order valence-electron chi connectivity index (χ4n) is 13.5. The summed E-state index contributed by atoms with van der Waals surface area (Å²) in [4.78, 5) is 9.90. The molecule has 15 rings (SSSR count). The van der Waals surface area contributed by atoms with Crippen LogP contribution in [-0.4, -0.2) is 6.71 Å². The van der Waals surface area contributed by atoms with E-state index in [1.807, 2.05) is 0 Å². The van der Waals surface area contributed by atoms with Crippen LogP contribution in [0.3, 0.4) is 0 Å². The van der Waals surface area contributed by atoms with Gasteiger partial charge in [-0.05, 0) is 182 Å². The maximum absolute atomic E-state index is 7.28. The van der Waals surface area contributed by atoms with E-state index in [1.165, 1.54) is 49.8 Å². The molecule has 0 unspecified atom stereocenters. The molecule has 0 saturated heterocycles. The van der Waals surface area contributed by atoms with Crippen LogP contribution in [0.1, 0.15) is 80.5 Å². The van der Waals surface area contributed by atoms with Crippen molar-refractivity contribution in [1.29, 1.82) is 0 Å². The summed E-state index contributed by atoms with van der Waals surface area (Å²) in [6, 6.07) is 81.3. The van der Waals surface area contributed by atoms with E-state index in [-0.39, 0.29) is 17.5 Å². The van der Waals surface area contributed by atoms with Crippen molar-refractivity contribution in [1.82, 2.24) is 0 Å². The molecular formula is C79H69BN4O2. The molecule has 0 aliphatic carbocycles. The lowest BCUT2D eigenvalue weighted by Gasteiger charge is -2.45. The maximum Gasteiger partial charge on any atom is 0.252 e. The number of anilines is 12. The smallest absolute Gasteiger partial charge is 0.252 e. The number of furan rings is 2. The number of hydrogen-bond acceptors (Lipinski definition) is 6. The minimum atomic E-state index is -0.135. The summed E-state index contributed by atoms with van der Waals surface area (Å²) < 4.78 is 14.4. The Morgan fingerprint density at radius 2 is 0.767 bits per heavy atom. The molecule has 0 radical (unpaired) electrons. The Balaban J connectivity index is 1.05. The fraction of sp³-hybridized carbons (Fsp3) is 0.165. The Kier molecular flexibility index (Phi) is 12.1. The van der Waals surface area contributed by atoms with Crippen LogP contribution in [0.25, 0.3) is 43.9 Å². The van der Waals surface area contributed by atoms with Gasteiger partial charge in [-0.15, -0.1) is 0 Å². The zero-order valence-electron chi connectivity index (χ0n) is 51.0. The molecule has 420 valence electrons. The SMILES string of the molecule is Cc1ccc(N(c2ccc(C)cc2)c2cc(N3c4ccc(C(C)(C)C)cc4B4c5cc(C(C)(C)C)ccc5N(c5ccc(N(c6ccc(C)cc6)c6ccc(C)cc6)c6oc7ccccc7c56)c5cc(C)cc3c54)c3c(c2)oc2ccccc23)cc1. The first-order valence-electron chi connectivity index (χ1n) is 30.3. The van der Waals surface area contributed by atoms with Gasteiger partial charge in [-0.3, -0.25) is 0 Å². The van der Waals surface area contributed by atoms with Crippen LogP contribution >= 0.6 is 0 Å². The molecule has 2 aliphatic heterocycles. The zero-order valence-corrected chi connectivity index (χ0v) is 51.0. The fourth-order valence-corrected chi connectivity index (χ4v) is 13.5. The van der Waals surface area contributed by atoms with Gasteiger partial charge in [0.1, 0.15) is 16.7 Å². The molecule has 13 aromatic rings. The number of nitrogens with zero attached hydrogens (tertiary/aromatic N) is 4. The number of para-hydroxylation sites is 2. The number of aryl methyl sites for hydroxylation is 5. The molecule has 0 N–H and O–H groups in total. The van der Waals surface area contributed by atoms with Crippen LogP contribution in [0.4, 0.5) is 68.2 Å². The van der Waals surface area contributed by atoms with Crippen LogP contribution in [0.15, 0.2) is 227 Å². The quantitative estimate of drug-likeness (QED) is 0.141. The third-order valence-corrected chi connectivity index (χ3v) is 18.0. The highest BCUT2D eigenvalue weighted by Crippen LogP contribution is 2.54. The summed E-state index contributed by atoms with van der Waals surface area (Å²) in [6.45, 7) is 24.8. The lowest BCUT2D eigenvalue weighted by molar-refractivity contribution is 0.590. The molecule has 11 aromatic carbocycles. The third kappa shape index (κ3) is 8.61. The topological polar surface area (TPSA) is 39.2 Å². The van der Waals surface area contributed by atoms with E-state index in [1.54, 1.807) is 0 Å². The largest absolute Gasteiger partial charge is 0.456 e. The second-order valence-corrected chi connectivity index (χ2v) is 26.2. The number of benzene rings is 11. The van der Waals surface area contributed by atoms with E-state index < -0.39 is 0 Å². The summed E-state index contributed by atoms with van der Waals surface area (Å²) >= 11 is 0. The van der Waals surface area contributed by atoms with Crippen LogP contribution in [0.2, 0.25) is 0 Å². The Hall–Kier alpha value is -9.72. The minimum absolute atomic E-state index is 0.131. The predicted octanol–water partition coefficient (Wildman–Crippen LogP) is 20.6. The number of hydrogen-bond donors (Lipinski definition) is 0. The second kappa shape index (κ2) is 19.7. The standard InChI is InChI=1S/C79H69BN4O2/c1-48-20-30-55(31-21-48)81(56-32-22-49(2)23-33-56)59-46-68(74-60-16-12-14-18-71(60)85-73(74)47-59)84-65-39-29-54(79(9,10)11)45-63(65)80-62-44-53(78(6,7)8)28-38-64(62)83(69-42-52(5)43-70(84)76(69)80)66-40-41-67(77-75(66)61-17-13-15-19-72(61)86-77)82(57-34-24-50(3)25-35-57)58-36-26-51(4)27-37-58/h12-47H,1-11H3. The van der Waals surface area contributed by atoms with Crippen molar-refractivity contribution >= 4 is 135 Å². The van der Waals surface area contributed by atoms with E-state index in [0.717, 1.165) is 118 Å². The molecule has 0 fully saturated rings. The van der Waals surface area contributed by atoms with Gasteiger partial charge in [-0.1, -0.05) is 173 Å². The molecule has 0 atom stereocenters. The van der Waals surface area contributed by atoms with E-state index in [0.29, 0.717) is 0 Å². The van der Waals surface area contributed by atoms with Crippen LogP contribution in [0, 0.1) is 34.6 Å². The van der Waals surface area contributed by atoms with E-state index >= 15 is 0 Å². The number of fused-ring (bicyclic) bond motifs is 10. The lowest BCUT2D eigenvalue weighted by Crippen LogP contribution is -2.61. The Bertz CT molecular complexity index is 4760. The van der Waals surface area contributed by atoms with Crippen molar-refractivity contribution in [2.75, 3.05) is 19.6 Å². The van der Waals surface area contributed by atoms with E-state index in [9.17, 15) is 0 Å². The van der Waals surface area contributed by atoms with Gasteiger partial charge in [0.2, 0.25) is 0 Å². The van der Waals surface area contributed by atoms with Gasteiger partial charge in [-0.2, -0.15) is 0 Å². The molecule has 0 saturated carbocycles. The summed E-state index contributed by atoms with van der Waals surface area (Å²) in [5.41, 5.74) is 28.3. The third-order valence-electron chi connectivity index (χ3n) is 18.0. The van der Waals surface area contributed by atoms with E-state index in [4.69, 9.17) is 8.83 Å². The van der Waals surface area contributed by atoms with Gasteiger partial charge in [0.25, 0.3) is 6.71 Å². The van der Waals surface area contributed by atoms with Crippen molar-refractivity contribution in [3.8, 4) is 0 Å². The molecule has 7 heteroatoms. The monoisotopic (exact) mass is 1120 g/mol. The molecule has 0 spiro atoms. The van der Waals surface area contributed by atoms with E-state index in [2.05, 4.69) is 314 Å². The van der Waals surface area contributed by atoms with Crippen LogP contribution < -0.4 is 36.0 Å². The van der Waals surface area contributed by atoms with Crippen LogP contribution in [0.5, 0.6) is 0 Å². The summed E-state index contributed by atoms with van der Waals surface area (Å²) in [5, 5.41) is 4.24. The first-order chi connectivity index (χ1) is 41.4. The first-order valence-corrected chi connectivity index (χ1v) is 30.3. The molecule has 6 nitrogen and oxygen atoms in total. The van der Waals surface area contributed by atoms with Crippen molar-refractivity contribution in [3.05, 3.63) is 257 Å². The normalized spacial score (nSPS) is 13.0. The highest BCUT2D eigenvalue weighted by Gasteiger charge is 2.45. The molecule has 86 heavy (non-hydrogen) atoms. The average molecular weight is 1120 g/mol. The van der Waals surface area contributed by atoms with Gasteiger partial charge in [0, 0.05) is 62.3 Å². The van der Waals surface area contributed by atoms with Crippen LogP contribution in [-0.2, 0) is 10.8 Å². The Morgan fingerprint density at radius 3 is 1.26 bits per heavy atom.